The molecule has 1 aromatic carbocycles. The summed E-state index contributed by atoms with van der Waals surface area (Å²) < 4.78 is 7.47. The van der Waals surface area contributed by atoms with Crippen LogP contribution in [0.25, 0.3) is 0 Å². The van der Waals surface area contributed by atoms with Crippen LogP contribution in [-0.2, 0) is 16.1 Å². The number of aromatic nitrogens is 2. The standard InChI is InChI=1S/C21H28N4O3/c1-15-12-16(2)25(21(27)22-15)14-19(26)24-10-11-28-18(13-23(3)4)20(24)17-8-6-5-7-9-17/h5-9,12,18,20H,10-11,13-14H2,1-4H3/t18-,20-/m0/s1. The van der Waals surface area contributed by atoms with Gasteiger partial charge in [0.2, 0.25) is 5.91 Å². The predicted octanol–water partition coefficient (Wildman–Crippen LogP) is 1.39. The highest BCUT2D eigenvalue weighted by atomic mass is 16.5. The molecule has 0 unspecified atom stereocenters. The lowest BCUT2D eigenvalue weighted by atomic mass is 9.97. The van der Waals surface area contributed by atoms with Crippen molar-refractivity contribution in [1.82, 2.24) is 19.4 Å². The van der Waals surface area contributed by atoms with E-state index in [-0.39, 0.29) is 30.3 Å². The van der Waals surface area contributed by atoms with Crippen molar-refractivity contribution in [1.29, 1.82) is 0 Å². The Morgan fingerprint density at radius 3 is 2.61 bits per heavy atom. The minimum absolute atomic E-state index is 0.0179. The quantitative estimate of drug-likeness (QED) is 0.779. The molecule has 150 valence electrons. The van der Waals surface area contributed by atoms with Crippen molar-refractivity contribution in [2.45, 2.75) is 32.5 Å². The fraction of sp³-hybridized carbons (Fsp3) is 0.476. The van der Waals surface area contributed by atoms with Crippen LogP contribution in [-0.4, -0.2) is 65.2 Å². The number of carbonyl (C=O) groups is 1. The van der Waals surface area contributed by atoms with Crippen LogP contribution in [0.4, 0.5) is 0 Å². The van der Waals surface area contributed by atoms with Gasteiger partial charge in [-0.1, -0.05) is 30.3 Å². The van der Waals surface area contributed by atoms with E-state index in [2.05, 4.69) is 9.88 Å². The summed E-state index contributed by atoms with van der Waals surface area (Å²) in [6.07, 6.45) is -0.135. The highest BCUT2D eigenvalue weighted by molar-refractivity contribution is 5.77. The van der Waals surface area contributed by atoms with Crippen molar-refractivity contribution in [3.63, 3.8) is 0 Å². The molecule has 2 aromatic rings. The molecule has 7 heteroatoms. The van der Waals surface area contributed by atoms with E-state index in [0.29, 0.717) is 25.4 Å². The Kier molecular flexibility index (Phi) is 6.26. The number of hydrogen-bond acceptors (Lipinski definition) is 5. The van der Waals surface area contributed by atoms with Crippen LogP contribution in [0.5, 0.6) is 0 Å². The molecule has 3 rings (SSSR count). The normalized spacial score (nSPS) is 19.8. The summed E-state index contributed by atoms with van der Waals surface area (Å²) in [6.45, 7) is 5.26. The number of rotatable bonds is 5. The van der Waals surface area contributed by atoms with Gasteiger partial charge >= 0.3 is 5.69 Å². The molecule has 0 spiro atoms. The first-order valence-corrected chi connectivity index (χ1v) is 9.52. The van der Waals surface area contributed by atoms with Gasteiger partial charge in [0.15, 0.2) is 0 Å². The second-order valence-corrected chi connectivity index (χ2v) is 7.52. The Morgan fingerprint density at radius 1 is 1.25 bits per heavy atom. The number of hydrogen-bond donors (Lipinski definition) is 0. The molecule has 7 nitrogen and oxygen atoms in total. The summed E-state index contributed by atoms with van der Waals surface area (Å²) in [7, 11) is 3.99. The molecule has 28 heavy (non-hydrogen) atoms. The minimum Gasteiger partial charge on any atom is -0.373 e. The smallest absolute Gasteiger partial charge is 0.348 e. The van der Waals surface area contributed by atoms with E-state index < -0.39 is 0 Å². The van der Waals surface area contributed by atoms with Crippen LogP contribution in [0.2, 0.25) is 0 Å². The zero-order valence-electron chi connectivity index (χ0n) is 17.0. The van der Waals surface area contributed by atoms with E-state index in [4.69, 9.17) is 4.74 Å². The molecule has 1 fully saturated rings. The van der Waals surface area contributed by atoms with E-state index in [1.807, 2.05) is 62.3 Å². The average molecular weight is 384 g/mol. The minimum atomic E-state index is -0.389. The Morgan fingerprint density at radius 2 is 1.96 bits per heavy atom. The van der Waals surface area contributed by atoms with Crippen LogP contribution in [0.15, 0.2) is 41.2 Å². The molecule has 0 N–H and O–H groups in total. The first kappa shape index (κ1) is 20.2. The zero-order valence-corrected chi connectivity index (χ0v) is 17.0. The molecule has 1 aliphatic rings. The summed E-state index contributed by atoms with van der Waals surface area (Å²) in [5.74, 6) is -0.100. The predicted molar refractivity (Wildman–Crippen MR) is 107 cm³/mol. The highest BCUT2D eigenvalue weighted by Gasteiger charge is 2.36. The Bertz CT molecular complexity index is 879. The third-order valence-electron chi connectivity index (χ3n) is 5.00. The van der Waals surface area contributed by atoms with E-state index in [1.165, 1.54) is 4.57 Å². The Labute approximate surface area is 165 Å². The third kappa shape index (κ3) is 4.48. The molecule has 1 amide bonds. The maximum atomic E-state index is 13.2. The van der Waals surface area contributed by atoms with Gasteiger partial charge in [0.05, 0.1) is 18.8 Å². The number of nitrogens with zero attached hydrogens (tertiary/aromatic N) is 4. The summed E-state index contributed by atoms with van der Waals surface area (Å²) in [4.78, 5) is 33.4. The maximum absolute atomic E-state index is 13.2. The molecule has 2 heterocycles. The molecule has 1 aliphatic heterocycles. The molecular formula is C21H28N4O3. The van der Waals surface area contributed by atoms with E-state index in [0.717, 1.165) is 11.3 Å². The summed E-state index contributed by atoms with van der Waals surface area (Å²) >= 11 is 0. The van der Waals surface area contributed by atoms with Crippen LogP contribution >= 0.6 is 0 Å². The lowest BCUT2D eigenvalue weighted by molar-refractivity contribution is -0.148. The fourth-order valence-corrected chi connectivity index (χ4v) is 3.76. The Hall–Kier alpha value is -2.51. The molecule has 0 bridgehead atoms. The second kappa shape index (κ2) is 8.67. The van der Waals surface area contributed by atoms with Crippen LogP contribution < -0.4 is 5.69 Å². The number of amides is 1. The first-order chi connectivity index (χ1) is 13.4. The largest absolute Gasteiger partial charge is 0.373 e. The van der Waals surface area contributed by atoms with Gasteiger partial charge in [0.25, 0.3) is 0 Å². The van der Waals surface area contributed by atoms with Gasteiger partial charge in [-0.2, -0.15) is 4.98 Å². The lowest BCUT2D eigenvalue weighted by Crippen LogP contribution is -2.52. The van der Waals surface area contributed by atoms with Crippen LogP contribution in [0, 0.1) is 13.8 Å². The van der Waals surface area contributed by atoms with Gasteiger partial charge in [0.1, 0.15) is 6.54 Å². The van der Waals surface area contributed by atoms with Crippen molar-refractivity contribution in [3.05, 3.63) is 63.8 Å². The van der Waals surface area contributed by atoms with Crippen molar-refractivity contribution in [2.24, 2.45) is 0 Å². The molecule has 1 saturated heterocycles. The fourth-order valence-electron chi connectivity index (χ4n) is 3.76. The molecule has 0 aliphatic carbocycles. The monoisotopic (exact) mass is 384 g/mol. The van der Waals surface area contributed by atoms with Crippen molar-refractivity contribution >= 4 is 5.91 Å². The van der Waals surface area contributed by atoms with Crippen LogP contribution in [0.1, 0.15) is 23.0 Å². The SMILES string of the molecule is Cc1cc(C)n(CC(=O)N2CCO[C@@H](CN(C)C)[C@@H]2c2ccccc2)c(=O)n1. The second-order valence-electron chi connectivity index (χ2n) is 7.52. The third-order valence-corrected chi connectivity index (χ3v) is 5.00. The molecular weight excluding hydrogens is 356 g/mol. The first-order valence-electron chi connectivity index (χ1n) is 9.52. The van der Waals surface area contributed by atoms with E-state index >= 15 is 0 Å². The average Bonchev–Trinajstić information content (AvgIpc) is 2.64. The number of ether oxygens (including phenoxy) is 1. The summed E-state index contributed by atoms with van der Waals surface area (Å²) in [5, 5.41) is 0. The highest BCUT2D eigenvalue weighted by Crippen LogP contribution is 2.30. The van der Waals surface area contributed by atoms with E-state index in [1.54, 1.807) is 6.92 Å². The summed E-state index contributed by atoms with van der Waals surface area (Å²) in [5.41, 5.74) is 2.04. The lowest BCUT2D eigenvalue weighted by Gasteiger charge is -2.42. The van der Waals surface area contributed by atoms with Gasteiger partial charge in [0, 0.05) is 24.5 Å². The number of aryl methyl sites for hydroxylation is 2. The maximum Gasteiger partial charge on any atom is 0.348 e. The van der Waals surface area contributed by atoms with E-state index in [9.17, 15) is 9.59 Å². The molecule has 0 saturated carbocycles. The number of morpholine rings is 1. The van der Waals surface area contributed by atoms with Gasteiger partial charge in [-0.3, -0.25) is 9.36 Å². The molecule has 0 radical (unpaired) electrons. The molecule has 2 atom stereocenters. The molecule has 1 aromatic heterocycles. The van der Waals surface area contributed by atoms with Gasteiger partial charge in [-0.25, -0.2) is 4.79 Å². The zero-order chi connectivity index (χ0) is 20.3. The Balaban J connectivity index is 1.91. The van der Waals surface area contributed by atoms with Crippen molar-refractivity contribution in [2.75, 3.05) is 33.8 Å². The number of benzene rings is 1. The van der Waals surface area contributed by atoms with Crippen molar-refractivity contribution < 1.29 is 9.53 Å². The summed E-state index contributed by atoms with van der Waals surface area (Å²) in [6, 6.07) is 11.6. The van der Waals surface area contributed by atoms with Gasteiger partial charge in [-0.05, 0) is 39.6 Å². The van der Waals surface area contributed by atoms with Gasteiger partial charge in [-0.15, -0.1) is 0 Å². The number of likely N-dealkylation sites (N-methyl/N-ethyl adjacent to an activating group) is 1. The van der Waals surface area contributed by atoms with Gasteiger partial charge < -0.3 is 14.5 Å². The number of carbonyl (C=O) groups excluding carboxylic acids is 1. The topological polar surface area (TPSA) is 67.7 Å². The van der Waals surface area contributed by atoms with Crippen molar-refractivity contribution in [3.8, 4) is 0 Å². The van der Waals surface area contributed by atoms with Crippen LogP contribution in [0.3, 0.4) is 0 Å².